The molecule has 32 heavy (non-hydrogen) atoms. The lowest BCUT2D eigenvalue weighted by molar-refractivity contribution is 0.0214. The minimum absolute atomic E-state index is 0.127. The van der Waals surface area contributed by atoms with Gasteiger partial charge in [-0.15, -0.1) is 11.3 Å². The number of fused-ring (bicyclic) bond motifs is 3. The third-order valence-electron chi connectivity index (χ3n) is 6.26. The number of rotatable bonds is 4. The standard InChI is InChI=1S/C22H27N7O2S/c1-22(2,3)31-21(30)29-11-13-8-14(29)10-28(13)20-23-15-6-7-32-18(15)19(25-20)24-17-9-16(26-27-17)12-4-5-12/h6-7,9,12-14H,4-5,8,10-11H2,1-3H3,(H2,23,24,25,26,27). The summed E-state index contributed by atoms with van der Waals surface area (Å²) in [5, 5.41) is 13.0. The highest BCUT2D eigenvalue weighted by molar-refractivity contribution is 7.17. The predicted octanol–water partition coefficient (Wildman–Crippen LogP) is 4.23. The quantitative estimate of drug-likeness (QED) is 0.610. The highest BCUT2D eigenvalue weighted by Crippen LogP contribution is 2.40. The summed E-state index contributed by atoms with van der Waals surface area (Å²) < 4.78 is 6.61. The molecule has 2 N–H and O–H groups in total. The van der Waals surface area contributed by atoms with E-state index in [1.807, 2.05) is 37.1 Å². The monoisotopic (exact) mass is 453 g/mol. The number of H-pyrrole nitrogens is 1. The molecule has 0 radical (unpaired) electrons. The van der Waals surface area contributed by atoms with Crippen LogP contribution in [-0.2, 0) is 4.74 Å². The molecule has 3 aliphatic rings. The number of anilines is 3. The number of amides is 1. The largest absolute Gasteiger partial charge is 0.444 e. The van der Waals surface area contributed by atoms with Gasteiger partial charge in [0.1, 0.15) is 11.4 Å². The summed E-state index contributed by atoms with van der Waals surface area (Å²) in [6.07, 6.45) is 3.12. The van der Waals surface area contributed by atoms with Crippen molar-refractivity contribution in [3.05, 3.63) is 23.2 Å². The third-order valence-corrected chi connectivity index (χ3v) is 7.17. The maximum Gasteiger partial charge on any atom is 0.410 e. The first-order valence-electron chi connectivity index (χ1n) is 11.2. The van der Waals surface area contributed by atoms with Crippen LogP contribution in [0, 0.1) is 0 Å². The van der Waals surface area contributed by atoms with Crippen LogP contribution in [0.3, 0.4) is 0 Å². The first-order valence-corrected chi connectivity index (χ1v) is 12.1. The Hall–Kier alpha value is -2.88. The Bertz CT molecular complexity index is 1180. The Balaban J connectivity index is 1.23. The van der Waals surface area contributed by atoms with Gasteiger partial charge in [0.25, 0.3) is 0 Å². The van der Waals surface area contributed by atoms with Crippen LogP contribution in [0.15, 0.2) is 17.5 Å². The maximum absolute atomic E-state index is 12.6. The van der Waals surface area contributed by atoms with Crippen molar-refractivity contribution in [3.63, 3.8) is 0 Å². The van der Waals surface area contributed by atoms with Gasteiger partial charge < -0.3 is 19.9 Å². The molecule has 2 saturated heterocycles. The summed E-state index contributed by atoms with van der Waals surface area (Å²) in [6, 6.07) is 4.43. The molecule has 5 heterocycles. The van der Waals surface area contributed by atoms with Gasteiger partial charge in [-0.05, 0) is 51.5 Å². The molecule has 3 aromatic heterocycles. The van der Waals surface area contributed by atoms with Crippen LogP contribution < -0.4 is 10.2 Å². The second-order valence-corrected chi connectivity index (χ2v) is 10.9. The van der Waals surface area contributed by atoms with Crippen molar-refractivity contribution in [1.29, 1.82) is 0 Å². The molecular formula is C22H27N7O2S. The minimum Gasteiger partial charge on any atom is -0.444 e. The minimum atomic E-state index is -0.488. The molecule has 0 spiro atoms. The molecule has 2 aliphatic heterocycles. The number of hydrogen-bond acceptors (Lipinski definition) is 8. The molecule has 0 aromatic carbocycles. The fraction of sp³-hybridized carbons (Fsp3) is 0.545. The average Bonchev–Trinajstić information content (AvgIpc) is 3.14. The fourth-order valence-electron chi connectivity index (χ4n) is 4.64. The van der Waals surface area contributed by atoms with Crippen LogP contribution in [0.25, 0.3) is 10.2 Å². The van der Waals surface area contributed by atoms with Crippen molar-refractivity contribution in [2.24, 2.45) is 0 Å². The second kappa shape index (κ2) is 7.06. The summed E-state index contributed by atoms with van der Waals surface area (Å²) in [5.41, 5.74) is 1.55. The van der Waals surface area contributed by atoms with Crippen LogP contribution in [0.1, 0.15) is 51.6 Å². The van der Waals surface area contributed by atoms with Crippen molar-refractivity contribution < 1.29 is 9.53 Å². The summed E-state index contributed by atoms with van der Waals surface area (Å²) in [7, 11) is 0. The van der Waals surface area contributed by atoms with Crippen molar-refractivity contribution in [1.82, 2.24) is 25.1 Å². The van der Waals surface area contributed by atoms with E-state index in [9.17, 15) is 4.79 Å². The summed E-state index contributed by atoms with van der Waals surface area (Å²) in [6.45, 7) is 7.05. The molecule has 9 nitrogen and oxygen atoms in total. The summed E-state index contributed by atoms with van der Waals surface area (Å²) in [5.74, 6) is 2.94. The number of nitrogens with zero attached hydrogens (tertiary/aromatic N) is 5. The Morgan fingerprint density at radius 3 is 2.81 bits per heavy atom. The van der Waals surface area contributed by atoms with Crippen LogP contribution in [-0.4, -0.2) is 61.9 Å². The van der Waals surface area contributed by atoms with Crippen molar-refractivity contribution in [2.75, 3.05) is 23.3 Å². The van der Waals surface area contributed by atoms with E-state index in [-0.39, 0.29) is 18.2 Å². The molecule has 2 atom stereocenters. The number of ether oxygens (including phenoxy) is 1. The number of aromatic nitrogens is 4. The molecule has 2 bridgehead atoms. The van der Waals surface area contributed by atoms with Gasteiger partial charge in [0.15, 0.2) is 5.82 Å². The van der Waals surface area contributed by atoms with Gasteiger partial charge in [0.2, 0.25) is 5.95 Å². The maximum atomic E-state index is 12.6. The molecule has 2 unspecified atom stereocenters. The van der Waals surface area contributed by atoms with Gasteiger partial charge in [-0.1, -0.05) is 0 Å². The molecule has 1 aliphatic carbocycles. The summed E-state index contributed by atoms with van der Waals surface area (Å²) >= 11 is 1.63. The van der Waals surface area contributed by atoms with E-state index in [0.717, 1.165) is 40.5 Å². The zero-order valence-electron chi connectivity index (χ0n) is 18.5. The molecule has 3 aromatic rings. The lowest BCUT2D eigenvalue weighted by Crippen LogP contribution is -2.50. The van der Waals surface area contributed by atoms with E-state index in [1.165, 1.54) is 12.8 Å². The number of likely N-dealkylation sites (tertiary alicyclic amines) is 1. The normalized spacial score (nSPS) is 22.7. The van der Waals surface area contributed by atoms with E-state index in [0.29, 0.717) is 18.4 Å². The molecule has 1 saturated carbocycles. The molecule has 1 amide bonds. The fourth-order valence-corrected chi connectivity index (χ4v) is 5.41. The molecule has 168 valence electrons. The van der Waals surface area contributed by atoms with E-state index in [4.69, 9.17) is 14.7 Å². The van der Waals surface area contributed by atoms with Crippen LogP contribution >= 0.6 is 11.3 Å². The number of nitrogens with one attached hydrogen (secondary N) is 2. The second-order valence-electron chi connectivity index (χ2n) is 9.94. The number of thiophene rings is 1. The first kappa shape index (κ1) is 19.8. The van der Waals surface area contributed by atoms with Gasteiger partial charge in [0.05, 0.1) is 28.0 Å². The average molecular weight is 454 g/mol. The van der Waals surface area contributed by atoms with E-state index < -0.39 is 5.60 Å². The SMILES string of the molecule is CC(C)(C)OC(=O)N1CC2CC1CN2c1nc(Nc2cc(C3CC3)n[nH]2)c2sccc2n1. The Kier molecular flexibility index (Phi) is 4.36. The van der Waals surface area contributed by atoms with Crippen LogP contribution in [0.2, 0.25) is 0 Å². The van der Waals surface area contributed by atoms with E-state index in [2.05, 4.69) is 26.5 Å². The highest BCUT2D eigenvalue weighted by Gasteiger charge is 2.47. The summed E-state index contributed by atoms with van der Waals surface area (Å²) in [4.78, 5) is 26.4. The smallest absolute Gasteiger partial charge is 0.410 e. The Morgan fingerprint density at radius 2 is 2.09 bits per heavy atom. The van der Waals surface area contributed by atoms with Crippen LogP contribution in [0.5, 0.6) is 0 Å². The van der Waals surface area contributed by atoms with Gasteiger partial charge in [-0.25, -0.2) is 9.78 Å². The van der Waals surface area contributed by atoms with E-state index >= 15 is 0 Å². The van der Waals surface area contributed by atoms with Crippen molar-refractivity contribution in [3.8, 4) is 0 Å². The first-order chi connectivity index (χ1) is 15.3. The number of carbonyl (C=O) groups is 1. The zero-order chi connectivity index (χ0) is 22.0. The number of piperazine rings is 1. The number of aromatic amines is 1. The van der Waals surface area contributed by atoms with Gasteiger partial charge in [-0.3, -0.25) is 5.10 Å². The predicted molar refractivity (Wildman–Crippen MR) is 124 cm³/mol. The molecule has 3 fully saturated rings. The number of hydrogen-bond donors (Lipinski definition) is 2. The Morgan fingerprint density at radius 1 is 1.25 bits per heavy atom. The van der Waals surface area contributed by atoms with Crippen molar-refractivity contribution in [2.45, 2.75) is 63.6 Å². The molecular weight excluding hydrogens is 426 g/mol. The number of carbonyl (C=O) groups excluding carboxylic acids is 1. The highest BCUT2D eigenvalue weighted by atomic mass is 32.1. The zero-order valence-corrected chi connectivity index (χ0v) is 19.3. The third kappa shape index (κ3) is 3.56. The van der Waals surface area contributed by atoms with Crippen LogP contribution in [0.4, 0.5) is 22.4 Å². The molecule has 10 heteroatoms. The van der Waals surface area contributed by atoms with Gasteiger partial charge in [-0.2, -0.15) is 10.1 Å². The van der Waals surface area contributed by atoms with Gasteiger partial charge in [0, 0.05) is 25.1 Å². The van der Waals surface area contributed by atoms with Gasteiger partial charge >= 0.3 is 6.09 Å². The lowest BCUT2D eigenvalue weighted by Gasteiger charge is -2.35. The molecule has 6 rings (SSSR count). The topological polar surface area (TPSA) is 99.3 Å². The van der Waals surface area contributed by atoms with E-state index in [1.54, 1.807) is 11.3 Å². The van der Waals surface area contributed by atoms with Crippen molar-refractivity contribution >= 4 is 45.2 Å². The lowest BCUT2D eigenvalue weighted by atomic mass is 10.2. The Labute approximate surface area is 190 Å².